The molecule has 3 aromatic heterocycles. The second-order valence-corrected chi connectivity index (χ2v) is 7.41. The summed E-state index contributed by atoms with van der Waals surface area (Å²) in [7, 11) is 0. The molecule has 7 heteroatoms. The van der Waals surface area contributed by atoms with E-state index in [1.807, 2.05) is 51.1 Å². The van der Waals surface area contributed by atoms with Crippen LogP contribution in [0.4, 0.5) is 5.82 Å². The summed E-state index contributed by atoms with van der Waals surface area (Å²) in [5, 5.41) is 5.23. The monoisotopic (exact) mass is 393 g/mol. The Morgan fingerprint density at radius 3 is 2.68 bits per heavy atom. The van der Waals surface area contributed by atoms with Crippen molar-refractivity contribution in [1.29, 1.82) is 0 Å². The lowest BCUT2D eigenvalue weighted by atomic mass is 10.1. The van der Waals surface area contributed by atoms with E-state index >= 15 is 0 Å². The fourth-order valence-electron chi connectivity index (χ4n) is 3.50. The maximum atomic E-state index is 13.2. The summed E-state index contributed by atoms with van der Waals surface area (Å²) >= 11 is 6.31. The van der Waals surface area contributed by atoms with Crippen molar-refractivity contribution < 1.29 is 0 Å². The SMILES string of the molecule is CC(Nc1ncnc2cccnc12)c1cc2cccc(Cl)c2c(=O)n1C(C)C. The Morgan fingerprint density at radius 2 is 1.89 bits per heavy atom. The van der Waals surface area contributed by atoms with Gasteiger partial charge in [0.25, 0.3) is 5.56 Å². The van der Waals surface area contributed by atoms with Gasteiger partial charge in [0.05, 0.1) is 22.0 Å². The summed E-state index contributed by atoms with van der Waals surface area (Å²) in [6.07, 6.45) is 3.22. The van der Waals surface area contributed by atoms with E-state index in [9.17, 15) is 4.79 Å². The number of hydrogen-bond acceptors (Lipinski definition) is 5. The molecule has 4 rings (SSSR count). The topological polar surface area (TPSA) is 72.7 Å². The molecule has 0 saturated carbocycles. The third-order valence-corrected chi connectivity index (χ3v) is 5.08. The van der Waals surface area contributed by atoms with E-state index in [1.54, 1.807) is 16.8 Å². The number of rotatable bonds is 4. The molecule has 0 spiro atoms. The van der Waals surface area contributed by atoms with Crippen molar-refractivity contribution in [3.63, 3.8) is 0 Å². The average Bonchev–Trinajstić information content (AvgIpc) is 2.67. The van der Waals surface area contributed by atoms with E-state index in [4.69, 9.17) is 11.6 Å². The van der Waals surface area contributed by atoms with Gasteiger partial charge in [0.2, 0.25) is 0 Å². The molecule has 142 valence electrons. The molecule has 0 bridgehead atoms. The number of aromatic nitrogens is 4. The zero-order chi connectivity index (χ0) is 19.8. The molecule has 0 aliphatic rings. The van der Waals surface area contributed by atoms with Crippen LogP contribution in [0.1, 0.15) is 38.5 Å². The van der Waals surface area contributed by atoms with Crippen LogP contribution < -0.4 is 10.9 Å². The molecular formula is C21H20ClN5O. The summed E-state index contributed by atoms with van der Waals surface area (Å²) in [5.74, 6) is 0.632. The predicted molar refractivity (Wildman–Crippen MR) is 113 cm³/mol. The molecule has 0 saturated heterocycles. The van der Waals surface area contributed by atoms with Gasteiger partial charge in [-0.25, -0.2) is 9.97 Å². The van der Waals surface area contributed by atoms with Crippen molar-refractivity contribution in [1.82, 2.24) is 19.5 Å². The van der Waals surface area contributed by atoms with Crippen molar-refractivity contribution >= 4 is 39.2 Å². The molecule has 0 aliphatic heterocycles. The quantitative estimate of drug-likeness (QED) is 0.541. The first-order valence-electron chi connectivity index (χ1n) is 9.13. The fraction of sp³-hybridized carbons (Fsp3) is 0.238. The van der Waals surface area contributed by atoms with E-state index in [-0.39, 0.29) is 17.6 Å². The Labute approximate surface area is 167 Å². The van der Waals surface area contributed by atoms with Gasteiger partial charge in [0.15, 0.2) is 5.82 Å². The van der Waals surface area contributed by atoms with Crippen molar-refractivity contribution in [3.8, 4) is 0 Å². The molecule has 6 nitrogen and oxygen atoms in total. The normalized spacial score (nSPS) is 12.6. The van der Waals surface area contributed by atoms with E-state index in [1.165, 1.54) is 6.33 Å². The van der Waals surface area contributed by atoms with Crippen LogP contribution >= 0.6 is 11.6 Å². The first-order chi connectivity index (χ1) is 13.5. The lowest BCUT2D eigenvalue weighted by Crippen LogP contribution is -2.28. The van der Waals surface area contributed by atoms with Crippen LogP contribution in [0.25, 0.3) is 21.8 Å². The number of hydrogen-bond donors (Lipinski definition) is 1. The summed E-state index contributed by atoms with van der Waals surface area (Å²) < 4.78 is 1.78. The fourth-order valence-corrected chi connectivity index (χ4v) is 3.76. The lowest BCUT2D eigenvalue weighted by Gasteiger charge is -2.23. The minimum atomic E-state index is -0.182. The third-order valence-electron chi connectivity index (χ3n) is 4.77. The average molecular weight is 394 g/mol. The smallest absolute Gasteiger partial charge is 0.260 e. The van der Waals surface area contributed by atoms with Crippen LogP contribution in [0.2, 0.25) is 5.02 Å². The van der Waals surface area contributed by atoms with Crippen LogP contribution in [-0.4, -0.2) is 19.5 Å². The molecule has 0 fully saturated rings. The molecule has 3 heterocycles. The third kappa shape index (κ3) is 3.10. The highest BCUT2D eigenvalue weighted by Crippen LogP contribution is 2.27. The van der Waals surface area contributed by atoms with Gasteiger partial charge in [-0.1, -0.05) is 23.7 Å². The molecule has 0 amide bonds. The van der Waals surface area contributed by atoms with Gasteiger partial charge in [-0.2, -0.15) is 0 Å². The van der Waals surface area contributed by atoms with Crippen molar-refractivity contribution in [3.05, 3.63) is 70.0 Å². The Balaban J connectivity index is 1.86. The maximum Gasteiger partial charge on any atom is 0.260 e. The summed E-state index contributed by atoms with van der Waals surface area (Å²) in [5.41, 5.74) is 2.22. The Bertz CT molecular complexity index is 1230. The molecule has 0 aliphatic carbocycles. The number of nitrogens with zero attached hydrogens (tertiary/aromatic N) is 4. The largest absolute Gasteiger partial charge is 0.360 e. The van der Waals surface area contributed by atoms with Crippen molar-refractivity contribution in [2.45, 2.75) is 32.9 Å². The highest BCUT2D eigenvalue weighted by Gasteiger charge is 2.19. The Hall–Kier alpha value is -2.99. The molecule has 4 aromatic rings. The first-order valence-corrected chi connectivity index (χ1v) is 9.51. The van der Waals surface area contributed by atoms with E-state index in [0.717, 1.165) is 16.6 Å². The standard InChI is InChI=1S/C21H20ClN5O/c1-12(2)27-17(10-14-6-4-7-15(22)18(14)21(27)28)13(3)26-20-19-16(24-11-25-20)8-5-9-23-19/h4-13H,1-3H3,(H,24,25,26). The van der Waals surface area contributed by atoms with Crippen LogP contribution in [0, 0.1) is 0 Å². The van der Waals surface area contributed by atoms with Gasteiger partial charge in [-0.15, -0.1) is 0 Å². The van der Waals surface area contributed by atoms with Gasteiger partial charge in [-0.3, -0.25) is 9.78 Å². The second-order valence-electron chi connectivity index (χ2n) is 7.00. The van der Waals surface area contributed by atoms with Gasteiger partial charge < -0.3 is 9.88 Å². The number of nitrogens with one attached hydrogen (secondary N) is 1. The second kappa shape index (κ2) is 7.20. The molecular weight excluding hydrogens is 374 g/mol. The zero-order valence-electron chi connectivity index (χ0n) is 15.8. The predicted octanol–water partition coefficient (Wildman–Crippen LogP) is 4.75. The summed E-state index contributed by atoms with van der Waals surface area (Å²) in [6, 6.07) is 11.0. The Morgan fingerprint density at radius 1 is 1.07 bits per heavy atom. The number of anilines is 1. The molecule has 1 atom stereocenters. The van der Waals surface area contributed by atoms with Crippen molar-refractivity contribution in [2.75, 3.05) is 5.32 Å². The van der Waals surface area contributed by atoms with Crippen LogP contribution in [-0.2, 0) is 0 Å². The summed E-state index contributed by atoms with van der Waals surface area (Å²) in [6.45, 7) is 5.98. The highest BCUT2D eigenvalue weighted by molar-refractivity contribution is 6.35. The minimum Gasteiger partial charge on any atom is -0.360 e. The first kappa shape index (κ1) is 18.4. The van der Waals surface area contributed by atoms with Crippen LogP contribution in [0.15, 0.2) is 53.7 Å². The molecule has 1 N–H and O–H groups in total. The minimum absolute atomic E-state index is 0.0207. The van der Waals surface area contributed by atoms with E-state index in [2.05, 4.69) is 20.3 Å². The molecule has 1 unspecified atom stereocenters. The van der Waals surface area contributed by atoms with Gasteiger partial charge in [0, 0.05) is 17.9 Å². The number of pyridine rings is 2. The lowest BCUT2D eigenvalue weighted by molar-refractivity contribution is 0.541. The molecule has 1 aromatic carbocycles. The van der Waals surface area contributed by atoms with E-state index < -0.39 is 0 Å². The van der Waals surface area contributed by atoms with E-state index in [0.29, 0.717) is 21.7 Å². The Kier molecular flexibility index (Phi) is 4.73. The molecule has 0 radical (unpaired) electrons. The van der Waals surface area contributed by atoms with Gasteiger partial charge in [0.1, 0.15) is 11.8 Å². The highest BCUT2D eigenvalue weighted by atomic mass is 35.5. The van der Waals surface area contributed by atoms with Crippen LogP contribution in [0.5, 0.6) is 0 Å². The summed E-state index contributed by atoms with van der Waals surface area (Å²) in [4.78, 5) is 26.2. The van der Waals surface area contributed by atoms with Crippen molar-refractivity contribution in [2.24, 2.45) is 0 Å². The number of fused-ring (bicyclic) bond motifs is 2. The van der Waals surface area contributed by atoms with Crippen LogP contribution in [0.3, 0.4) is 0 Å². The number of halogens is 1. The van der Waals surface area contributed by atoms with Gasteiger partial charge in [-0.05, 0) is 50.4 Å². The zero-order valence-corrected chi connectivity index (χ0v) is 16.6. The molecule has 28 heavy (non-hydrogen) atoms. The van der Waals surface area contributed by atoms with Gasteiger partial charge >= 0.3 is 0 Å². The number of benzene rings is 1. The maximum absolute atomic E-state index is 13.2.